The largest absolute Gasteiger partial charge is 0.338 e. The monoisotopic (exact) mass is 569 g/mol. The van der Waals surface area contributed by atoms with Crippen molar-refractivity contribution in [1.82, 2.24) is 14.7 Å². The summed E-state index contributed by atoms with van der Waals surface area (Å²) >= 11 is 0. The number of carbonyl (C=O) groups excluding carboxylic acids is 2. The highest BCUT2D eigenvalue weighted by Gasteiger charge is 2.51. The molecule has 0 unspecified atom stereocenters. The SMILES string of the molecule is CO[n+]1ccc(C)c(C(=O)N2CCC(C)(N3CCC(N(Cc4ccccc4)C(=O)C4CC(F)(F)C4)CC3)CC2)c1C. The summed E-state index contributed by atoms with van der Waals surface area (Å²) in [6, 6.07) is 11.8. The molecule has 1 aliphatic carbocycles. The van der Waals surface area contributed by atoms with Gasteiger partial charge >= 0.3 is 0 Å². The summed E-state index contributed by atoms with van der Waals surface area (Å²) in [5.74, 6) is -3.38. The van der Waals surface area contributed by atoms with Gasteiger partial charge in [0.15, 0.2) is 0 Å². The topological polar surface area (TPSA) is 57.0 Å². The van der Waals surface area contributed by atoms with Crippen molar-refractivity contribution in [3.8, 4) is 0 Å². The first-order chi connectivity index (χ1) is 19.5. The van der Waals surface area contributed by atoms with Crippen LogP contribution >= 0.6 is 0 Å². The minimum atomic E-state index is -2.71. The lowest BCUT2D eigenvalue weighted by Gasteiger charge is -2.50. The lowest BCUT2D eigenvalue weighted by molar-refractivity contribution is -0.889. The number of aromatic nitrogens is 1. The van der Waals surface area contributed by atoms with Crippen molar-refractivity contribution in [2.24, 2.45) is 5.92 Å². The molecule has 5 rings (SSSR count). The molecule has 7 nitrogen and oxygen atoms in total. The number of hydrogen-bond donors (Lipinski definition) is 0. The maximum absolute atomic E-state index is 13.6. The van der Waals surface area contributed by atoms with E-state index >= 15 is 0 Å². The highest BCUT2D eigenvalue weighted by molar-refractivity contribution is 5.96. The number of carbonyl (C=O) groups is 2. The van der Waals surface area contributed by atoms with E-state index in [2.05, 4.69) is 11.8 Å². The van der Waals surface area contributed by atoms with Crippen LogP contribution in [0.3, 0.4) is 0 Å². The number of likely N-dealkylation sites (tertiary alicyclic amines) is 2. The Morgan fingerprint density at radius 1 is 1.02 bits per heavy atom. The summed E-state index contributed by atoms with van der Waals surface area (Å²) in [6.07, 6.45) is 4.55. The molecule has 1 aromatic carbocycles. The van der Waals surface area contributed by atoms with Gasteiger partial charge in [-0.25, -0.2) is 8.78 Å². The van der Waals surface area contributed by atoms with E-state index in [1.165, 1.54) is 0 Å². The minimum absolute atomic E-state index is 0.0285. The third kappa shape index (κ3) is 6.10. The number of nitrogens with zero attached hydrogens (tertiary/aromatic N) is 4. The van der Waals surface area contributed by atoms with Crippen molar-refractivity contribution in [1.29, 1.82) is 0 Å². The number of pyridine rings is 1. The molecule has 222 valence electrons. The normalized spacial score (nSPS) is 21.3. The van der Waals surface area contributed by atoms with Crippen LogP contribution in [-0.4, -0.2) is 77.3 Å². The number of benzene rings is 1. The van der Waals surface area contributed by atoms with Crippen molar-refractivity contribution in [2.45, 2.75) is 83.3 Å². The smallest absolute Gasteiger partial charge is 0.260 e. The Bertz CT molecular complexity index is 1250. The Morgan fingerprint density at radius 2 is 1.66 bits per heavy atom. The van der Waals surface area contributed by atoms with Gasteiger partial charge in [-0.3, -0.25) is 19.3 Å². The number of hydrogen-bond acceptors (Lipinski definition) is 4. The first-order valence-corrected chi connectivity index (χ1v) is 14.8. The first kappa shape index (κ1) is 29.4. The number of alkyl halides is 2. The molecule has 2 aromatic rings. The second kappa shape index (κ2) is 11.7. The molecule has 2 aliphatic heterocycles. The molecule has 41 heavy (non-hydrogen) atoms. The fourth-order valence-corrected chi connectivity index (χ4v) is 6.91. The van der Waals surface area contributed by atoms with Crippen LogP contribution < -0.4 is 9.57 Å². The maximum atomic E-state index is 13.6. The second-order valence-corrected chi connectivity index (χ2v) is 12.4. The first-order valence-electron chi connectivity index (χ1n) is 14.8. The van der Waals surface area contributed by atoms with Crippen LogP contribution in [0.15, 0.2) is 42.6 Å². The number of piperidine rings is 2. The molecule has 0 atom stereocenters. The minimum Gasteiger partial charge on any atom is -0.338 e. The fraction of sp³-hybridized carbons (Fsp3) is 0.594. The molecule has 2 saturated heterocycles. The van der Waals surface area contributed by atoms with E-state index in [0.29, 0.717) is 25.2 Å². The predicted molar refractivity (Wildman–Crippen MR) is 151 cm³/mol. The Balaban J connectivity index is 1.21. The zero-order chi connectivity index (χ0) is 29.4. The molecule has 0 bridgehead atoms. The van der Waals surface area contributed by atoms with Crippen LogP contribution in [0.1, 0.15) is 72.6 Å². The lowest BCUT2D eigenvalue weighted by Crippen LogP contribution is -2.59. The van der Waals surface area contributed by atoms with E-state index in [9.17, 15) is 18.4 Å². The van der Waals surface area contributed by atoms with Gasteiger partial charge < -0.3 is 9.80 Å². The summed E-state index contributed by atoms with van der Waals surface area (Å²) in [6.45, 7) is 9.68. The molecular formula is C32H43F2N4O3+. The molecule has 9 heteroatoms. The third-order valence-electron chi connectivity index (χ3n) is 9.67. The van der Waals surface area contributed by atoms with E-state index in [1.54, 1.807) is 11.8 Å². The van der Waals surface area contributed by atoms with Gasteiger partial charge in [0.2, 0.25) is 23.7 Å². The number of halogens is 2. The molecule has 1 aromatic heterocycles. The average molecular weight is 570 g/mol. The summed E-state index contributed by atoms with van der Waals surface area (Å²) in [7, 11) is 1.59. The predicted octanol–water partition coefficient (Wildman–Crippen LogP) is 4.18. The molecular weight excluding hydrogens is 526 g/mol. The maximum Gasteiger partial charge on any atom is 0.260 e. The highest BCUT2D eigenvalue weighted by Crippen LogP contribution is 2.44. The Kier molecular flexibility index (Phi) is 8.37. The molecule has 0 spiro atoms. The van der Waals surface area contributed by atoms with Gasteiger partial charge in [-0.05, 0) is 50.7 Å². The van der Waals surface area contributed by atoms with Gasteiger partial charge in [-0.1, -0.05) is 30.3 Å². The Labute approximate surface area is 242 Å². The standard InChI is InChI=1S/C32H43F2N4O3/c1-23-10-17-38(41-4)24(2)28(23)30(40)35-18-13-31(3,14-19-35)36-15-11-27(12-16-36)37(22-25-8-6-5-7-9-25)29(39)26-20-32(33,34)21-26/h5-10,17,26-27H,11-16,18-22H2,1-4H3/q+1. The van der Waals surface area contributed by atoms with Crippen LogP contribution in [-0.2, 0) is 11.3 Å². The summed E-state index contributed by atoms with van der Waals surface area (Å²) in [4.78, 5) is 38.6. The van der Waals surface area contributed by atoms with Crippen LogP contribution in [0.25, 0.3) is 0 Å². The number of rotatable bonds is 7. The molecule has 2 amide bonds. The molecule has 3 heterocycles. The quantitative estimate of drug-likeness (QED) is 0.470. The molecule has 0 N–H and O–H groups in total. The van der Waals surface area contributed by atoms with E-state index in [1.807, 2.05) is 66.2 Å². The molecule has 0 radical (unpaired) electrons. The third-order valence-corrected chi connectivity index (χ3v) is 9.67. The van der Waals surface area contributed by atoms with Crippen LogP contribution in [0.2, 0.25) is 0 Å². The van der Waals surface area contributed by atoms with Crippen molar-refractivity contribution in [2.75, 3.05) is 33.3 Å². The van der Waals surface area contributed by atoms with Crippen molar-refractivity contribution in [3.05, 3.63) is 65.0 Å². The van der Waals surface area contributed by atoms with Crippen LogP contribution in [0.5, 0.6) is 0 Å². The van der Waals surface area contributed by atoms with Crippen molar-refractivity contribution in [3.63, 3.8) is 0 Å². The zero-order valence-electron chi connectivity index (χ0n) is 24.7. The number of aryl methyl sites for hydroxylation is 1. The average Bonchev–Trinajstić information content (AvgIpc) is 2.95. The second-order valence-electron chi connectivity index (χ2n) is 12.4. The Hall–Kier alpha value is -3.07. The summed E-state index contributed by atoms with van der Waals surface area (Å²) in [5, 5.41) is 0. The van der Waals surface area contributed by atoms with E-state index in [0.717, 1.165) is 55.6 Å². The highest BCUT2D eigenvalue weighted by atomic mass is 19.3. The Morgan fingerprint density at radius 3 is 2.24 bits per heavy atom. The van der Waals surface area contributed by atoms with Crippen LogP contribution in [0.4, 0.5) is 8.78 Å². The van der Waals surface area contributed by atoms with Crippen molar-refractivity contribution < 1.29 is 27.9 Å². The number of amides is 2. The van der Waals surface area contributed by atoms with Crippen LogP contribution in [0, 0.1) is 19.8 Å². The van der Waals surface area contributed by atoms with Gasteiger partial charge in [0, 0.05) is 80.8 Å². The van der Waals surface area contributed by atoms with Gasteiger partial charge in [0.05, 0.1) is 0 Å². The van der Waals surface area contributed by atoms with E-state index in [4.69, 9.17) is 4.84 Å². The van der Waals surface area contributed by atoms with Gasteiger partial charge in [-0.15, -0.1) is 0 Å². The van der Waals surface area contributed by atoms with Gasteiger partial charge in [-0.2, -0.15) is 0 Å². The molecule has 3 aliphatic rings. The molecule has 1 saturated carbocycles. The van der Waals surface area contributed by atoms with Crippen molar-refractivity contribution >= 4 is 11.8 Å². The van der Waals surface area contributed by atoms with Gasteiger partial charge in [0.25, 0.3) is 5.91 Å². The van der Waals surface area contributed by atoms with E-state index < -0.39 is 11.8 Å². The fourth-order valence-electron chi connectivity index (χ4n) is 6.91. The summed E-state index contributed by atoms with van der Waals surface area (Å²) in [5.41, 5.74) is 3.44. The molecule has 3 fully saturated rings. The lowest BCUT2D eigenvalue weighted by atomic mass is 9.79. The van der Waals surface area contributed by atoms with E-state index in [-0.39, 0.29) is 36.2 Å². The zero-order valence-corrected chi connectivity index (χ0v) is 24.7. The summed E-state index contributed by atoms with van der Waals surface area (Å²) < 4.78 is 28.9. The van der Waals surface area contributed by atoms with Gasteiger partial charge in [0.1, 0.15) is 12.7 Å².